The van der Waals surface area contributed by atoms with Gasteiger partial charge in [-0.15, -0.1) is 0 Å². The minimum Gasteiger partial charge on any atom is -0.494 e. The van der Waals surface area contributed by atoms with Gasteiger partial charge in [-0.1, -0.05) is 24.3 Å². The van der Waals surface area contributed by atoms with Crippen LogP contribution in [-0.4, -0.2) is 41.9 Å². The fraction of sp³-hybridized carbons (Fsp3) is 0.500. The largest absolute Gasteiger partial charge is 0.494 e. The van der Waals surface area contributed by atoms with E-state index in [1.54, 1.807) is 7.11 Å². The summed E-state index contributed by atoms with van der Waals surface area (Å²) in [5, 5.41) is 3.49. The van der Waals surface area contributed by atoms with Gasteiger partial charge in [0.05, 0.1) is 17.7 Å². The zero-order valence-corrected chi connectivity index (χ0v) is 15.4. The Bertz CT molecular complexity index is 774. The first kappa shape index (κ1) is 17.7. The molecule has 1 aliphatic heterocycles. The van der Waals surface area contributed by atoms with Crippen LogP contribution in [0.2, 0.25) is 0 Å². The summed E-state index contributed by atoms with van der Waals surface area (Å²) in [6.45, 7) is 3.24. The molecule has 1 fully saturated rings. The first-order valence-electron chi connectivity index (χ1n) is 8.64. The summed E-state index contributed by atoms with van der Waals surface area (Å²) < 4.78 is 6.28. The van der Waals surface area contributed by atoms with Crippen molar-refractivity contribution in [3.63, 3.8) is 0 Å². The van der Waals surface area contributed by atoms with E-state index in [1.165, 1.54) is 11.3 Å². The van der Waals surface area contributed by atoms with Crippen molar-refractivity contribution in [2.45, 2.75) is 32.6 Å². The van der Waals surface area contributed by atoms with Crippen LogP contribution < -0.4 is 10.1 Å². The molecule has 3 rings (SSSR count). The van der Waals surface area contributed by atoms with E-state index in [4.69, 9.17) is 4.74 Å². The van der Waals surface area contributed by atoms with Gasteiger partial charge in [-0.3, -0.25) is 9.59 Å². The van der Waals surface area contributed by atoms with Gasteiger partial charge >= 0.3 is 0 Å². The molecule has 1 aromatic carbocycles. The van der Waals surface area contributed by atoms with E-state index in [0.717, 1.165) is 36.0 Å². The second-order valence-electron chi connectivity index (χ2n) is 6.24. The normalized spacial score (nSPS) is 17.5. The first-order valence-corrected chi connectivity index (χ1v) is 9.46. The molecule has 25 heavy (non-hydrogen) atoms. The third kappa shape index (κ3) is 3.92. The van der Waals surface area contributed by atoms with Crippen LogP contribution in [0.1, 0.15) is 32.6 Å². The molecule has 1 N–H and O–H groups in total. The number of fused-ring (bicyclic) bond motifs is 1. The molecule has 1 aromatic heterocycles. The predicted octanol–water partition coefficient (Wildman–Crippen LogP) is 3.28. The molecule has 1 atom stereocenters. The fourth-order valence-electron chi connectivity index (χ4n) is 3.14. The maximum absolute atomic E-state index is 12.6. The quantitative estimate of drug-likeness (QED) is 0.887. The molecule has 7 heteroatoms. The minimum absolute atomic E-state index is 0.0629. The number of anilines is 1. The van der Waals surface area contributed by atoms with Gasteiger partial charge in [-0.25, -0.2) is 4.98 Å². The molecule has 134 valence electrons. The molecule has 1 unspecified atom stereocenters. The zero-order valence-electron chi connectivity index (χ0n) is 14.6. The number of methoxy groups -OCH3 is 1. The summed E-state index contributed by atoms with van der Waals surface area (Å²) in [4.78, 5) is 31.0. The molecule has 0 aliphatic carbocycles. The highest BCUT2D eigenvalue weighted by Crippen LogP contribution is 2.32. The Balaban J connectivity index is 1.68. The smallest absolute Gasteiger partial charge is 0.231 e. The van der Waals surface area contributed by atoms with Gasteiger partial charge in [-0.2, -0.15) is 0 Å². The molecule has 1 saturated heterocycles. The molecular formula is C18H23N3O3S. The van der Waals surface area contributed by atoms with Crippen molar-refractivity contribution in [2.75, 3.05) is 25.5 Å². The summed E-state index contributed by atoms with van der Waals surface area (Å²) >= 11 is 1.43. The number of ether oxygens (including phenoxy) is 1. The summed E-state index contributed by atoms with van der Waals surface area (Å²) in [6, 6.07) is 5.71. The van der Waals surface area contributed by atoms with E-state index in [-0.39, 0.29) is 17.7 Å². The van der Waals surface area contributed by atoms with Crippen LogP contribution in [0.25, 0.3) is 10.2 Å². The van der Waals surface area contributed by atoms with Gasteiger partial charge in [0.25, 0.3) is 0 Å². The van der Waals surface area contributed by atoms with Gasteiger partial charge < -0.3 is 15.0 Å². The number of nitrogens with one attached hydrogen (secondary N) is 1. The lowest BCUT2D eigenvalue weighted by Gasteiger charge is -2.31. The number of carbonyl (C=O) groups is 2. The summed E-state index contributed by atoms with van der Waals surface area (Å²) in [6.07, 6.45) is 3.04. The average Bonchev–Trinajstić information content (AvgIpc) is 3.04. The van der Waals surface area contributed by atoms with Crippen molar-refractivity contribution in [3.05, 3.63) is 18.2 Å². The first-order chi connectivity index (χ1) is 12.1. The van der Waals surface area contributed by atoms with Gasteiger partial charge in [0.2, 0.25) is 11.8 Å². The van der Waals surface area contributed by atoms with Crippen LogP contribution in [-0.2, 0) is 9.59 Å². The minimum atomic E-state index is -0.177. The number of thiazole rings is 1. The topological polar surface area (TPSA) is 71.5 Å². The van der Waals surface area contributed by atoms with Crippen LogP contribution in [0, 0.1) is 5.92 Å². The summed E-state index contributed by atoms with van der Waals surface area (Å²) in [7, 11) is 1.61. The van der Waals surface area contributed by atoms with Gasteiger partial charge in [0.15, 0.2) is 5.13 Å². The Morgan fingerprint density at radius 2 is 2.28 bits per heavy atom. The standard InChI is InChI=1S/C18H23N3O3S/c1-3-6-15(22)21-10-5-7-12(11-21)17(23)20-18-19-16-13(24-2)8-4-9-14(16)25-18/h4,8-9,12H,3,5-7,10-11H2,1-2H3,(H,19,20,23). The number of benzene rings is 1. The molecular weight excluding hydrogens is 338 g/mol. The number of rotatable bonds is 5. The Labute approximate surface area is 151 Å². The lowest BCUT2D eigenvalue weighted by molar-refractivity contribution is -0.134. The van der Waals surface area contributed by atoms with Crippen molar-refractivity contribution in [1.82, 2.24) is 9.88 Å². The molecule has 6 nitrogen and oxygen atoms in total. The second-order valence-corrected chi connectivity index (χ2v) is 7.27. The predicted molar refractivity (Wildman–Crippen MR) is 99.0 cm³/mol. The lowest BCUT2D eigenvalue weighted by atomic mass is 9.97. The highest BCUT2D eigenvalue weighted by molar-refractivity contribution is 7.22. The zero-order chi connectivity index (χ0) is 17.8. The van der Waals surface area contributed by atoms with Crippen molar-refractivity contribution >= 4 is 38.5 Å². The van der Waals surface area contributed by atoms with Crippen LogP contribution in [0.15, 0.2) is 18.2 Å². The van der Waals surface area contributed by atoms with Gasteiger partial charge in [0, 0.05) is 19.5 Å². The van der Waals surface area contributed by atoms with Crippen molar-refractivity contribution in [3.8, 4) is 5.75 Å². The fourth-order valence-corrected chi connectivity index (χ4v) is 4.02. The number of carbonyl (C=O) groups excluding carboxylic acids is 2. The van der Waals surface area contributed by atoms with Crippen LogP contribution in [0.3, 0.4) is 0 Å². The molecule has 2 heterocycles. The van der Waals surface area contributed by atoms with Crippen molar-refractivity contribution < 1.29 is 14.3 Å². The third-order valence-electron chi connectivity index (χ3n) is 4.44. The number of hydrogen-bond acceptors (Lipinski definition) is 5. The highest BCUT2D eigenvalue weighted by Gasteiger charge is 2.28. The van der Waals surface area contributed by atoms with E-state index < -0.39 is 0 Å². The number of aromatic nitrogens is 1. The van der Waals surface area contributed by atoms with E-state index in [1.807, 2.05) is 30.0 Å². The van der Waals surface area contributed by atoms with Gasteiger partial charge in [0.1, 0.15) is 11.3 Å². The number of likely N-dealkylation sites (tertiary alicyclic amines) is 1. The molecule has 0 bridgehead atoms. The highest BCUT2D eigenvalue weighted by atomic mass is 32.1. The average molecular weight is 361 g/mol. The molecule has 2 amide bonds. The summed E-state index contributed by atoms with van der Waals surface area (Å²) in [5.41, 5.74) is 0.758. The van der Waals surface area contributed by atoms with Crippen LogP contribution in [0.4, 0.5) is 5.13 Å². The van der Waals surface area contributed by atoms with E-state index in [0.29, 0.717) is 23.8 Å². The Morgan fingerprint density at radius 3 is 3.04 bits per heavy atom. The molecule has 0 radical (unpaired) electrons. The monoisotopic (exact) mass is 361 g/mol. The van der Waals surface area contributed by atoms with E-state index in [2.05, 4.69) is 10.3 Å². The Hall–Kier alpha value is -2.15. The van der Waals surface area contributed by atoms with Crippen LogP contribution >= 0.6 is 11.3 Å². The number of piperidine rings is 1. The Kier molecular flexibility index (Phi) is 5.53. The Morgan fingerprint density at radius 1 is 1.44 bits per heavy atom. The lowest BCUT2D eigenvalue weighted by Crippen LogP contribution is -2.43. The van der Waals surface area contributed by atoms with E-state index in [9.17, 15) is 9.59 Å². The number of para-hydroxylation sites is 1. The second kappa shape index (κ2) is 7.82. The maximum atomic E-state index is 12.6. The SMILES string of the molecule is CCCC(=O)N1CCCC(C(=O)Nc2nc3c(OC)cccc3s2)C1. The number of amides is 2. The molecule has 0 saturated carbocycles. The maximum Gasteiger partial charge on any atom is 0.231 e. The molecule has 1 aliphatic rings. The van der Waals surface area contributed by atoms with Crippen molar-refractivity contribution in [2.24, 2.45) is 5.92 Å². The number of nitrogens with zero attached hydrogens (tertiary/aromatic N) is 2. The number of hydrogen-bond donors (Lipinski definition) is 1. The summed E-state index contributed by atoms with van der Waals surface area (Å²) in [5.74, 6) is 0.600. The molecule has 0 spiro atoms. The molecule has 2 aromatic rings. The van der Waals surface area contributed by atoms with Gasteiger partial charge in [-0.05, 0) is 31.4 Å². The third-order valence-corrected chi connectivity index (χ3v) is 5.38. The van der Waals surface area contributed by atoms with Crippen LogP contribution in [0.5, 0.6) is 5.75 Å². The van der Waals surface area contributed by atoms with E-state index >= 15 is 0 Å². The van der Waals surface area contributed by atoms with Crippen molar-refractivity contribution in [1.29, 1.82) is 0 Å².